The minimum atomic E-state index is -0.158. The van der Waals surface area contributed by atoms with Crippen LogP contribution in [0.1, 0.15) is 52.9 Å². The molecule has 0 amide bonds. The predicted octanol–water partition coefficient (Wildman–Crippen LogP) is 3.58. The predicted molar refractivity (Wildman–Crippen MR) is 76.2 cm³/mol. The summed E-state index contributed by atoms with van der Waals surface area (Å²) in [6.07, 6.45) is 6.19. The smallest absolute Gasteiger partial charge is 0.0683 e. The number of rotatable bonds is 7. The summed E-state index contributed by atoms with van der Waals surface area (Å²) < 4.78 is 0. The lowest BCUT2D eigenvalue weighted by atomic mass is 9.90. The van der Waals surface area contributed by atoms with Gasteiger partial charge in [-0.05, 0) is 51.8 Å². The number of nitriles is 1. The molecule has 0 aromatic rings. The second kappa shape index (κ2) is 7.28. The highest BCUT2D eigenvalue weighted by atomic mass is 32.2. The van der Waals surface area contributed by atoms with Gasteiger partial charge in [0.2, 0.25) is 0 Å². The van der Waals surface area contributed by atoms with Crippen molar-refractivity contribution in [1.29, 1.82) is 5.26 Å². The van der Waals surface area contributed by atoms with Crippen LogP contribution in [-0.4, -0.2) is 23.6 Å². The quantitative estimate of drug-likeness (QED) is 0.705. The van der Waals surface area contributed by atoms with E-state index in [0.29, 0.717) is 6.04 Å². The zero-order valence-corrected chi connectivity index (χ0v) is 12.3. The summed E-state index contributed by atoms with van der Waals surface area (Å²) in [6, 6.07) is 3.08. The third-order valence-corrected chi connectivity index (χ3v) is 4.85. The van der Waals surface area contributed by atoms with Crippen molar-refractivity contribution in [2.24, 2.45) is 5.41 Å². The van der Waals surface area contributed by atoms with Gasteiger partial charge in [-0.25, -0.2) is 0 Å². The Balaban J connectivity index is 2.16. The number of hydrogen-bond donors (Lipinski definition) is 1. The molecule has 0 aromatic carbocycles. The first-order valence-corrected chi connectivity index (χ1v) is 7.90. The van der Waals surface area contributed by atoms with Gasteiger partial charge >= 0.3 is 0 Å². The lowest BCUT2D eigenvalue weighted by molar-refractivity contribution is 0.413. The normalized spacial score (nSPS) is 24.8. The van der Waals surface area contributed by atoms with Crippen LogP contribution >= 0.6 is 11.8 Å². The Morgan fingerprint density at radius 1 is 1.41 bits per heavy atom. The summed E-state index contributed by atoms with van der Waals surface area (Å²) in [5, 5.41) is 13.4. The first-order valence-electron chi connectivity index (χ1n) is 6.85. The summed E-state index contributed by atoms with van der Waals surface area (Å²) in [7, 11) is 0. The largest absolute Gasteiger partial charge is 0.313 e. The van der Waals surface area contributed by atoms with Gasteiger partial charge in [-0.15, -0.1) is 0 Å². The van der Waals surface area contributed by atoms with Crippen molar-refractivity contribution in [2.45, 2.75) is 64.2 Å². The molecule has 1 rings (SSSR count). The second-order valence-corrected chi connectivity index (χ2v) is 7.10. The Kier molecular flexibility index (Phi) is 6.37. The van der Waals surface area contributed by atoms with Crippen LogP contribution < -0.4 is 5.32 Å². The zero-order chi connectivity index (χ0) is 12.7. The molecule has 17 heavy (non-hydrogen) atoms. The van der Waals surface area contributed by atoms with E-state index in [9.17, 15) is 0 Å². The summed E-state index contributed by atoms with van der Waals surface area (Å²) in [5.74, 6) is 1.23. The van der Waals surface area contributed by atoms with Gasteiger partial charge in [-0.2, -0.15) is 17.0 Å². The second-order valence-electron chi connectivity index (χ2n) is 5.58. The molecule has 0 aromatic heterocycles. The van der Waals surface area contributed by atoms with Crippen molar-refractivity contribution in [3.63, 3.8) is 0 Å². The Labute approximate surface area is 111 Å². The van der Waals surface area contributed by atoms with E-state index in [-0.39, 0.29) is 5.41 Å². The molecule has 1 N–H and O–H groups in total. The van der Waals surface area contributed by atoms with Gasteiger partial charge in [-0.3, -0.25) is 0 Å². The lowest BCUT2D eigenvalue weighted by Crippen LogP contribution is -2.35. The highest BCUT2D eigenvalue weighted by Gasteiger charge is 2.26. The minimum Gasteiger partial charge on any atom is -0.313 e. The molecule has 1 aliphatic rings. The summed E-state index contributed by atoms with van der Waals surface area (Å²) in [5.41, 5.74) is -0.158. The van der Waals surface area contributed by atoms with Crippen molar-refractivity contribution in [3.8, 4) is 6.07 Å². The fraction of sp³-hybridized carbons (Fsp3) is 0.929. The number of nitrogens with zero attached hydrogens (tertiary/aromatic N) is 1. The summed E-state index contributed by atoms with van der Waals surface area (Å²) in [4.78, 5) is 0. The van der Waals surface area contributed by atoms with Crippen molar-refractivity contribution in [1.82, 2.24) is 5.32 Å². The number of nitrogens with one attached hydrogen (secondary N) is 1. The van der Waals surface area contributed by atoms with E-state index in [2.05, 4.69) is 30.1 Å². The van der Waals surface area contributed by atoms with Crippen LogP contribution in [0.15, 0.2) is 0 Å². The Morgan fingerprint density at radius 2 is 2.18 bits per heavy atom. The van der Waals surface area contributed by atoms with Gasteiger partial charge in [0.05, 0.1) is 11.5 Å². The molecule has 1 aliphatic carbocycles. The molecular weight excluding hydrogens is 228 g/mol. The topological polar surface area (TPSA) is 35.8 Å². The minimum absolute atomic E-state index is 0.158. The lowest BCUT2D eigenvalue weighted by Gasteiger charge is -2.21. The molecule has 0 radical (unpaired) electrons. The van der Waals surface area contributed by atoms with Crippen LogP contribution in [0.3, 0.4) is 0 Å². The molecule has 0 heterocycles. The van der Waals surface area contributed by atoms with Crippen LogP contribution in [0, 0.1) is 16.7 Å². The SMILES string of the molecule is CCSC1CCCC1NCCCC(C)(C)C#N. The van der Waals surface area contributed by atoms with E-state index >= 15 is 0 Å². The van der Waals surface area contributed by atoms with Crippen molar-refractivity contribution in [2.75, 3.05) is 12.3 Å². The van der Waals surface area contributed by atoms with Gasteiger partial charge in [-0.1, -0.05) is 13.3 Å². The molecule has 0 spiro atoms. The molecule has 0 saturated heterocycles. The molecule has 0 aliphatic heterocycles. The van der Waals surface area contributed by atoms with Gasteiger partial charge in [0.1, 0.15) is 0 Å². The van der Waals surface area contributed by atoms with Crippen LogP contribution in [-0.2, 0) is 0 Å². The molecule has 2 nitrogen and oxygen atoms in total. The van der Waals surface area contributed by atoms with Crippen LogP contribution in [0.2, 0.25) is 0 Å². The fourth-order valence-corrected chi connectivity index (χ4v) is 3.67. The van der Waals surface area contributed by atoms with E-state index in [1.807, 2.05) is 13.8 Å². The van der Waals surface area contributed by atoms with Crippen molar-refractivity contribution < 1.29 is 0 Å². The van der Waals surface area contributed by atoms with Crippen LogP contribution in [0.4, 0.5) is 0 Å². The monoisotopic (exact) mass is 254 g/mol. The van der Waals surface area contributed by atoms with E-state index in [1.54, 1.807) is 0 Å². The maximum atomic E-state index is 8.94. The zero-order valence-electron chi connectivity index (χ0n) is 11.5. The molecule has 0 bridgehead atoms. The Hall–Kier alpha value is -0.200. The number of hydrogen-bond acceptors (Lipinski definition) is 3. The van der Waals surface area contributed by atoms with Crippen LogP contribution in [0.5, 0.6) is 0 Å². The average molecular weight is 254 g/mol. The molecule has 3 heteroatoms. The third kappa shape index (κ3) is 5.31. The molecule has 2 unspecified atom stereocenters. The first kappa shape index (κ1) is 14.9. The maximum Gasteiger partial charge on any atom is 0.0683 e. The molecule has 2 atom stereocenters. The first-order chi connectivity index (χ1) is 8.09. The standard InChI is InChI=1S/C14H26N2S/c1-4-17-13-8-5-7-12(13)16-10-6-9-14(2,3)11-15/h12-13,16H,4-10H2,1-3H3. The van der Waals surface area contributed by atoms with Crippen molar-refractivity contribution >= 4 is 11.8 Å². The number of thioether (sulfide) groups is 1. The van der Waals surface area contributed by atoms with Gasteiger partial charge in [0.25, 0.3) is 0 Å². The van der Waals surface area contributed by atoms with Crippen LogP contribution in [0.25, 0.3) is 0 Å². The van der Waals surface area contributed by atoms with Gasteiger partial charge in [0, 0.05) is 11.3 Å². The average Bonchev–Trinajstić information content (AvgIpc) is 2.73. The molecule has 1 saturated carbocycles. The molecular formula is C14H26N2S. The Bertz CT molecular complexity index is 257. The fourth-order valence-electron chi connectivity index (χ4n) is 2.45. The highest BCUT2D eigenvalue weighted by Crippen LogP contribution is 2.30. The third-order valence-electron chi connectivity index (χ3n) is 3.52. The van der Waals surface area contributed by atoms with E-state index in [0.717, 1.165) is 24.6 Å². The van der Waals surface area contributed by atoms with E-state index in [1.165, 1.54) is 25.0 Å². The maximum absolute atomic E-state index is 8.94. The van der Waals surface area contributed by atoms with Gasteiger partial charge < -0.3 is 5.32 Å². The van der Waals surface area contributed by atoms with E-state index < -0.39 is 0 Å². The van der Waals surface area contributed by atoms with E-state index in [4.69, 9.17) is 5.26 Å². The van der Waals surface area contributed by atoms with Crippen molar-refractivity contribution in [3.05, 3.63) is 0 Å². The van der Waals surface area contributed by atoms with Gasteiger partial charge in [0.15, 0.2) is 0 Å². The molecule has 1 fully saturated rings. The highest BCUT2D eigenvalue weighted by molar-refractivity contribution is 7.99. The summed E-state index contributed by atoms with van der Waals surface area (Å²) >= 11 is 2.10. The Morgan fingerprint density at radius 3 is 2.82 bits per heavy atom. The summed E-state index contributed by atoms with van der Waals surface area (Å²) in [6.45, 7) is 7.36. The molecule has 98 valence electrons.